The van der Waals surface area contributed by atoms with Gasteiger partial charge < -0.3 is 19.3 Å². The zero-order valence-electron chi connectivity index (χ0n) is 15.5. The SMILES string of the molecule is CC(C)c1cc(C(=O)N(C)[C@@H]2CCC[C@H](Oc3ccccc3)[C@H]2O)on1. The molecule has 1 aromatic heterocycles. The number of carbonyl (C=O) groups excluding carboxylic acids is 1. The summed E-state index contributed by atoms with van der Waals surface area (Å²) in [6.45, 7) is 3.98. The molecule has 0 unspecified atom stereocenters. The largest absolute Gasteiger partial charge is 0.488 e. The lowest BCUT2D eigenvalue weighted by Crippen LogP contribution is -2.53. The minimum Gasteiger partial charge on any atom is -0.488 e. The molecule has 1 aliphatic carbocycles. The first-order valence-electron chi connectivity index (χ1n) is 9.11. The standard InChI is InChI=1S/C20H26N2O4/c1-13(2)15-12-18(26-21-15)20(24)22(3)16-10-7-11-17(19(16)23)25-14-8-5-4-6-9-14/h4-6,8-9,12-13,16-17,19,23H,7,10-11H2,1-3H3/t16-,17+,19+/m1/s1. The number of nitrogens with zero attached hydrogens (tertiary/aromatic N) is 2. The lowest BCUT2D eigenvalue weighted by Gasteiger charge is -2.39. The number of hydrogen-bond donors (Lipinski definition) is 1. The van der Waals surface area contributed by atoms with Gasteiger partial charge in [-0.15, -0.1) is 0 Å². The van der Waals surface area contributed by atoms with Crippen molar-refractivity contribution in [1.82, 2.24) is 10.1 Å². The van der Waals surface area contributed by atoms with Crippen LogP contribution in [0.2, 0.25) is 0 Å². The minimum absolute atomic E-state index is 0.189. The number of aliphatic hydroxyl groups excluding tert-OH is 1. The Morgan fingerprint density at radius 2 is 2.04 bits per heavy atom. The number of para-hydroxylation sites is 1. The van der Waals surface area contributed by atoms with Crippen LogP contribution >= 0.6 is 0 Å². The van der Waals surface area contributed by atoms with Crippen LogP contribution in [0, 0.1) is 0 Å². The summed E-state index contributed by atoms with van der Waals surface area (Å²) in [6, 6.07) is 10.8. The van der Waals surface area contributed by atoms with Gasteiger partial charge in [-0.2, -0.15) is 0 Å². The molecule has 2 aromatic rings. The van der Waals surface area contributed by atoms with Crippen molar-refractivity contribution in [3.8, 4) is 5.75 Å². The first kappa shape index (κ1) is 18.5. The average Bonchev–Trinajstić information content (AvgIpc) is 3.14. The van der Waals surface area contributed by atoms with Gasteiger partial charge in [-0.25, -0.2) is 0 Å². The molecule has 26 heavy (non-hydrogen) atoms. The van der Waals surface area contributed by atoms with Gasteiger partial charge in [-0.1, -0.05) is 37.2 Å². The Kier molecular flexibility index (Phi) is 5.61. The lowest BCUT2D eigenvalue weighted by molar-refractivity contribution is -0.0419. The van der Waals surface area contributed by atoms with E-state index in [1.165, 1.54) is 0 Å². The van der Waals surface area contributed by atoms with E-state index in [4.69, 9.17) is 9.26 Å². The molecule has 1 heterocycles. The van der Waals surface area contributed by atoms with Crippen molar-refractivity contribution >= 4 is 5.91 Å². The Labute approximate surface area is 153 Å². The zero-order valence-corrected chi connectivity index (χ0v) is 15.5. The Balaban J connectivity index is 1.69. The fourth-order valence-corrected chi connectivity index (χ4v) is 3.33. The molecule has 1 fully saturated rings. The van der Waals surface area contributed by atoms with E-state index >= 15 is 0 Å². The summed E-state index contributed by atoms with van der Waals surface area (Å²) in [6.07, 6.45) is 1.26. The van der Waals surface area contributed by atoms with Gasteiger partial charge in [0.05, 0.1) is 11.7 Å². The maximum absolute atomic E-state index is 12.7. The van der Waals surface area contributed by atoms with Crippen LogP contribution in [0.5, 0.6) is 5.75 Å². The molecule has 1 aliphatic rings. The fraction of sp³-hybridized carbons (Fsp3) is 0.500. The van der Waals surface area contributed by atoms with Gasteiger partial charge in [-0.3, -0.25) is 4.79 Å². The summed E-state index contributed by atoms with van der Waals surface area (Å²) in [7, 11) is 1.69. The number of hydrogen-bond acceptors (Lipinski definition) is 5. The summed E-state index contributed by atoms with van der Waals surface area (Å²) in [5.74, 6) is 0.848. The molecule has 6 heteroatoms. The third-order valence-electron chi connectivity index (χ3n) is 4.94. The highest BCUT2D eigenvalue weighted by Crippen LogP contribution is 2.28. The molecule has 3 rings (SSSR count). The van der Waals surface area contributed by atoms with Gasteiger partial charge in [0.15, 0.2) is 0 Å². The van der Waals surface area contributed by atoms with Crippen molar-refractivity contribution in [2.45, 2.75) is 57.3 Å². The van der Waals surface area contributed by atoms with E-state index in [-0.39, 0.29) is 29.7 Å². The number of benzene rings is 1. The molecular formula is C20H26N2O4. The highest BCUT2D eigenvalue weighted by molar-refractivity contribution is 5.91. The first-order chi connectivity index (χ1) is 12.5. The number of likely N-dealkylation sites (N-methyl/N-ethyl adjacent to an activating group) is 1. The van der Waals surface area contributed by atoms with Crippen LogP contribution in [-0.2, 0) is 0 Å². The van der Waals surface area contributed by atoms with Crippen LogP contribution in [0.4, 0.5) is 0 Å². The van der Waals surface area contributed by atoms with Crippen molar-refractivity contribution in [1.29, 1.82) is 0 Å². The molecule has 1 N–H and O–H groups in total. The summed E-state index contributed by atoms with van der Waals surface area (Å²) in [5, 5.41) is 14.7. The molecule has 1 amide bonds. The van der Waals surface area contributed by atoms with Gasteiger partial charge in [0.2, 0.25) is 5.76 Å². The van der Waals surface area contributed by atoms with Crippen molar-refractivity contribution in [2.75, 3.05) is 7.05 Å². The lowest BCUT2D eigenvalue weighted by atomic mass is 9.88. The number of ether oxygens (including phenoxy) is 1. The Bertz CT molecular complexity index is 728. The van der Waals surface area contributed by atoms with E-state index in [0.717, 1.165) is 30.7 Å². The van der Waals surface area contributed by atoms with Gasteiger partial charge >= 0.3 is 0 Å². The van der Waals surface area contributed by atoms with Crippen LogP contribution in [0.25, 0.3) is 0 Å². The molecule has 3 atom stereocenters. The van der Waals surface area contributed by atoms with E-state index in [1.807, 2.05) is 44.2 Å². The number of rotatable bonds is 5. The molecule has 140 valence electrons. The molecule has 0 saturated heterocycles. The molecule has 0 radical (unpaired) electrons. The maximum Gasteiger partial charge on any atom is 0.292 e. The molecule has 0 bridgehead atoms. The fourth-order valence-electron chi connectivity index (χ4n) is 3.33. The van der Waals surface area contributed by atoms with Crippen LogP contribution in [0.3, 0.4) is 0 Å². The average molecular weight is 358 g/mol. The minimum atomic E-state index is -0.759. The molecule has 1 saturated carbocycles. The van der Waals surface area contributed by atoms with Crippen LogP contribution in [-0.4, -0.2) is 46.4 Å². The van der Waals surface area contributed by atoms with Crippen LogP contribution < -0.4 is 4.74 Å². The van der Waals surface area contributed by atoms with Crippen molar-refractivity contribution in [2.24, 2.45) is 0 Å². The third-order valence-corrected chi connectivity index (χ3v) is 4.94. The maximum atomic E-state index is 12.7. The van der Waals surface area contributed by atoms with E-state index in [1.54, 1.807) is 18.0 Å². The van der Waals surface area contributed by atoms with Crippen molar-refractivity contribution in [3.05, 3.63) is 47.9 Å². The third kappa shape index (κ3) is 3.90. The van der Waals surface area contributed by atoms with Gasteiger partial charge in [0.25, 0.3) is 5.91 Å². The number of carbonyl (C=O) groups is 1. The normalized spacial score (nSPS) is 23.0. The quantitative estimate of drug-likeness (QED) is 0.888. The Hall–Kier alpha value is -2.34. The molecule has 1 aromatic carbocycles. The second-order valence-electron chi connectivity index (χ2n) is 7.14. The highest BCUT2D eigenvalue weighted by atomic mass is 16.5. The first-order valence-corrected chi connectivity index (χ1v) is 9.11. The second-order valence-corrected chi connectivity index (χ2v) is 7.14. The van der Waals surface area contributed by atoms with E-state index in [9.17, 15) is 9.90 Å². The predicted molar refractivity (Wildman–Crippen MR) is 97.2 cm³/mol. The highest BCUT2D eigenvalue weighted by Gasteiger charge is 2.38. The van der Waals surface area contributed by atoms with E-state index in [0.29, 0.717) is 0 Å². The topological polar surface area (TPSA) is 75.8 Å². The smallest absolute Gasteiger partial charge is 0.292 e. The summed E-state index contributed by atoms with van der Waals surface area (Å²) >= 11 is 0. The molecule has 6 nitrogen and oxygen atoms in total. The number of aliphatic hydroxyl groups is 1. The summed E-state index contributed by atoms with van der Waals surface area (Å²) in [4.78, 5) is 14.3. The van der Waals surface area contributed by atoms with Crippen LogP contribution in [0.15, 0.2) is 40.9 Å². The van der Waals surface area contributed by atoms with Gasteiger partial charge in [0.1, 0.15) is 18.0 Å². The van der Waals surface area contributed by atoms with Gasteiger partial charge in [-0.05, 0) is 37.3 Å². The second kappa shape index (κ2) is 7.91. The predicted octanol–water partition coefficient (Wildman–Crippen LogP) is 3.23. The van der Waals surface area contributed by atoms with Crippen molar-refractivity contribution in [3.63, 3.8) is 0 Å². The van der Waals surface area contributed by atoms with Crippen molar-refractivity contribution < 1.29 is 19.2 Å². The molecule has 0 aliphatic heterocycles. The Morgan fingerprint density at radius 3 is 2.69 bits per heavy atom. The number of aromatic nitrogens is 1. The van der Waals surface area contributed by atoms with E-state index in [2.05, 4.69) is 5.16 Å². The summed E-state index contributed by atoms with van der Waals surface area (Å²) in [5.41, 5.74) is 0.747. The monoisotopic (exact) mass is 358 g/mol. The number of amides is 1. The molecular weight excluding hydrogens is 332 g/mol. The van der Waals surface area contributed by atoms with Gasteiger partial charge in [0, 0.05) is 13.1 Å². The zero-order chi connectivity index (χ0) is 18.7. The van der Waals surface area contributed by atoms with E-state index < -0.39 is 6.10 Å². The van der Waals surface area contributed by atoms with Crippen LogP contribution in [0.1, 0.15) is 55.3 Å². The summed E-state index contributed by atoms with van der Waals surface area (Å²) < 4.78 is 11.1. The Morgan fingerprint density at radius 1 is 1.31 bits per heavy atom. The molecule has 0 spiro atoms.